The second-order valence-electron chi connectivity index (χ2n) is 2.89. The van der Waals surface area contributed by atoms with Crippen LogP contribution in [0.15, 0.2) is 24.8 Å². The van der Waals surface area contributed by atoms with Crippen LogP contribution < -0.4 is 5.32 Å². The second-order valence-corrected chi connectivity index (χ2v) is 2.89. The number of carbonyl (C=O) groups is 1. The molecule has 0 fully saturated rings. The number of carboxylic acid groups (broad SMARTS) is 1. The van der Waals surface area contributed by atoms with E-state index in [-0.39, 0.29) is 0 Å². The molecule has 1 aliphatic rings. The molecular weight excluding hydrogens is 154 g/mol. The number of hydrogen-bond acceptors (Lipinski definition) is 2. The van der Waals surface area contributed by atoms with Gasteiger partial charge in [0.15, 0.2) is 0 Å². The van der Waals surface area contributed by atoms with Crippen molar-refractivity contribution in [2.45, 2.75) is 18.4 Å². The van der Waals surface area contributed by atoms with Crippen molar-refractivity contribution in [3.63, 3.8) is 0 Å². The zero-order valence-corrected chi connectivity index (χ0v) is 6.92. The standard InChI is InChI=1S/C9H13NO2/c1-2-7-10-9(8(11)12)5-3-4-6-9/h2-3,5,10H,1,4,6-7H2,(H,11,12). The van der Waals surface area contributed by atoms with Gasteiger partial charge in [0.05, 0.1) is 0 Å². The third kappa shape index (κ3) is 1.56. The van der Waals surface area contributed by atoms with E-state index in [1.165, 1.54) is 0 Å². The van der Waals surface area contributed by atoms with E-state index in [0.29, 0.717) is 13.0 Å². The summed E-state index contributed by atoms with van der Waals surface area (Å²) in [5.41, 5.74) is -0.839. The summed E-state index contributed by atoms with van der Waals surface area (Å²) < 4.78 is 0. The Morgan fingerprint density at radius 1 is 1.83 bits per heavy atom. The summed E-state index contributed by atoms with van der Waals surface area (Å²) in [5, 5.41) is 11.9. The minimum absolute atomic E-state index is 0.524. The molecule has 0 aromatic carbocycles. The van der Waals surface area contributed by atoms with Crippen LogP contribution in [-0.4, -0.2) is 23.2 Å². The smallest absolute Gasteiger partial charge is 0.327 e. The number of aliphatic carboxylic acids is 1. The van der Waals surface area contributed by atoms with Gasteiger partial charge in [0.2, 0.25) is 0 Å². The predicted molar refractivity (Wildman–Crippen MR) is 46.9 cm³/mol. The van der Waals surface area contributed by atoms with Crippen molar-refractivity contribution in [3.8, 4) is 0 Å². The van der Waals surface area contributed by atoms with Crippen molar-refractivity contribution >= 4 is 5.97 Å². The molecule has 0 radical (unpaired) electrons. The fourth-order valence-corrected chi connectivity index (χ4v) is 1.33. The van der Waals surface area contributed by atoms with Gasteiger partial charge < -0.3 is 5.11 Å². The van der Waals surface area contributed by atoms with E-state index in [9.17, 15) is 4.79 Å². The van der Waals surface area contributed by atoms with Gasteiger partial charge in [-0.15, -0.1) is 6.58 Å². The Labute approximate surface area is 71.8 Å². The Hall–Kier alpha value is -1.09. The van der Waals surface area contributed by atoms with E-state index in [1.54, 1.807) is 12.2 Å². The molecule has 0 saturated heterocycles. The maximum atomic E-state index is 10.9. The SMILES string of the molecule is C=CCNC1(C(=O)O)C=CCC1. The summed E-state index contributed by atoms with van der Waals surface area (Å²) in [6.07, 6.45) is 6.74. The molecule has 1 atom stereocenters. The topological polar surface area (TPSA) is 49.3 Å². The summed E-state index contributed by atoms with van der Waals surface area (Å²) in [6.45, 7) is 4.06. The lowest BCUT2D eigenvalue weighted by Crippen LogP contribution is -2.49. The zero-order valence-electron chi connectivity index (χ0n) is 6.92. The molecule has 0 amide bonds. The van der Waals surface area contributed by atoms with Crippen LogP contribution in [0.3, 0.4) is 0 Å². The Balaban J connectivity index is 2.66. The third-order valence-electron chi connectivity index (χ3n) is 2.05. The van der Waals surface area contributed by atoms with Crippen LogP contribution >= 0.6 is 0 Å². The minimum atomic E-state index is -0.839. The van der Waals surface area contributed by atoms with E-state index in [1.807, 2.05) is 6.08 Å². The lowest BCUT2D eigenvalue weighted by atomic mass is 9.99. The third-order valence-corrected chi connectivity index (χ3v) is 2.05. The van der Waals surface area contributed by atoms with Gasteiger partial charge in [-0.05, 0) is 12.8 Å². The monoisotopic (exact) mass is 167 g/mol. The molecule has 0 aromatic heterocycles. The lowest BCUT2D eigenvalue weighted by molar-refractivity contribution is -0.142. The average Bonchev–Trinajstić information content (AvgIpc) is 2.50. The molecule has 1 rings (SSSR count). The van der Waals surface area contributed by atoms with Gasteiger partial charge in [0, 0.05) is 6.54 Å². The highest BCUT2D eigenvalue weighted by Crippen LogP contribution is 2.22. The van der Waals surface area contributed by atoms with E-state index >= 15 is 0 Å². The van der Waals surface area contributed by atoms with Gasteiger partial charge in [-0.25, -0.2) is 4.79 Å². The number of hydrogen-bond donors (Lipinski definition) is 2. The van der Waals surface area contributed by atoms with Crippen LogP contribution in [0.2, 0.25) is 0 Å². The Morgan fingerprint density at radius 2 is 2.58 bits per heavy atom. The van der Waals surface area contributed by atoms with Crippen LogP contribution in [0.1, 0.15) is 12.8 Å². The van der Waals surface area contributed by atoms with E-state index < -0.39 is 11.5 Å². The summed E-state index contributed by atoms with van der Waals surface area (Å²) in [6, 6.07) is 0. The first kappa shape index (κ1) is 9.00. The van der Waals surface area contributed by atoms with Crippen molar-refractivity contribution in [1.29, 1.82) is 0 Å². The normalized spacial score (nSPS) is 27.3. The molecule has 66 valence electrons. The van der Waals surface area contributed by atoms with Crippen LogP contribution in [0.5, 0.6) is 0 Å². The number of carboxylic acids is 1. The molecule has 0 spiro atoms. The Morgan fingerprint density at radius 3 is 3.00 bits per heavy atom. The highest BCUT2D eigenvalue weighted by molar-refractivity contribution is 5.82. The molecule has 12 heavy (non-hydrogen) atoms. The Bertz CT molecular complexity index is 223. The van der Waals surface area contributed by atoms with Crippen molar-refractivity contribution < 1.29 is 9.90 Å². The molecule has 0 bridgehead atoms. The van der Waals surface area contributed by atoms with E-state index in [2.05, 4.69) is 11.9 Å². The minimum Gasteiger partial charge on any atom is -0.480 e. The molecular formula is C9H13NO2. The van der Waals surface area contributed by atoms with Gasteiger partial charge in [-0.2, -0.15) is 0 Å². The first-order valence-corrected chi connectivity index (χ1v) is 3.98. The number of allylic oxidation sites excluding steroid dienone is 1. The molecule has 1 unspecified atom stereocenters. The lowest BCUT2D eigenvalue weighted by Gasteiger charge is -2.22. The van der Waals surface area contributed by atoms with E-state index in [4.69, 9.17) is 5.11 Å². The van der Waals surface area contributed by atoms with Gasteiger partial charge in [-0.3, -0.25) is 5.32 Å². The molecule has 3 heteroatoms. The van der Waals surface area contributed by atoms with Crippen molar-refractivity contribution in [3.05, 3.63) is 24.8 Å². The molecule has 0 heterocycles. The highest BCUT2D eigenvalue weighted by atomic mass is 16.4. The fourth-order valence-electron chi connectivity index (χ4n) is 1.33. The first-order valence-electron chi connectivity index (χ1n) is 3.98. The maximum Gasteiger partial charge on any atom is 0.327 e. The largest absolute Gasteiger partial charge is 0.480 e. The van der Waals surface area contributed by atoms with Gasteiger partial charge in [0.25, 0.3) is 0 Å². The number of nitrogens with one attached hydrogen (secondary N) is 1. The summed E-state index contributed by atoms with van der Waals surface area (Å²) >= 11 is 0. The number of rotatable bonds is 4. The van der Waals surface area contributed by atoms with Crippen molar-refractivity contribution in [1.82, 2.24) is 5.32 Å². The summed E-state index contributed by atoms with van der Waals surface area (Å²) in [5.74, 6) is -0.807. The highest BCUT2D eigenvalue weighted by Gasteiger charge is 2.36. The first-order chi connectivity index (χ1) is 5.71. The van der Waals surface area contributed by atoms with Crippen LogP contribution in [0.25, 0.3) is 0 Å². The zero-order chi connectivity index (χ0) is 9.03. The van der Waals surface area contributed by atoms with Gasteiger partial charge in [-0.1, -0.05) is 18.2 Å². The van der Waals surface area contributed by atoms with Crippen molar-refractivity contribution in [2.24, 2.45) is 0 Å². The predicted octanol–water partition coefficient (Wildman–Crippen LogP) is 0.935. The summed E-state index contributed by atoms with van der Waals surface area (Å²) in [4.78, 5) is 10.9. The van der Waals surface area contributed by atoms with Crippen LogP contribution in [0.4, 0.5) is 0 Å². The van der Waals surface area contributed by atoms with Crippen LogP contribution in [0, 0.1) is 0 Å². The second kappa shape index (κ2) is 3.54. The maximum absolute atomic E-state index is 10.9. The quantitative estimate of drug-likeness (QED) is 0.612. The van der Waals surface area contributed by atoms with Gasteiger partial charge >= 0.3 is 5.97 Å². The molecule has 0 aliphatic heterocycles. The Kier molecular flexibility index (Phi) is 2.65. The van der Waals surface area contributed by atoms with E-state index in [0.717, 1.165) is 6.42 Å². The molecule has 0 saturated carbocycles. The molecule has 1 aliphatic carbocycles. The molecule has 0 aromatic rings. The summed E-state index contributed by atoms with van der Waals surface area (Å²) in [7, 11) is 0. The van der Waals surface area contributed by atoms with Crippen molar-refractivity contribution in [2.75, 3.05) is 6.54 Å². The van der Waals surface area contributed by atoms with Gasteiger partial charge in [0.1, 0.15) is 5.54 Å². The molecule has 3 nitrogen and oxygen atoms in total. The fraction of sp³-hybridized carbons (Fsp3) is 0.444. The van der Waals surface area contributed by atoms with Crippen LogP contribution in [-0.2, 0) is 4.79 Å². The molecule has 2 N–H and O–H groups in total. The average molecular weight is 167 g/mol.